The summed E-state index contributed by atoms with van der Waals surface area (Å²) in [5, 5.41) is 21.4. The Bertz CT molecular complexity index is 1280. The lowest BCUT2D eigenvalue weighted by Gasteiger charge is -2.32. The second-order valence-corrected chi connectivity index (χ2v) is 15.0. The van der Waals surface area contributed by atoms with E-state index in [9.17, 15) is 29.6 Å². The Hall–Kier alpha value is -3.12. The van der Waals surface area contributed by atoms with E-state index in [1.54, 1.807) is 29.0 Å². The molecule has 0 aromatic heterocycles. The van der Waals surface area contributed by atoms with Crippen LogP contribution in [0.15, 0.2) is 42.5 Å². The first kappa shape index (κ1) is 26.5. The van der Waals surface area contributed by atoms with Crippen molar-refractivity contribution in [3.05, 3.63) is 63.7 Å². The van der Waals surface area contributed by atoms with E-state index in [0.29, 0.717) is 24.2 Å². The molecule has 3 heterocycles. The number of nitrogens with zero attached hydrogens (tertiary/aromatic N) is 3. The van der Waals surface area contributed by atoms with Gasteiger partial charge >= 0.3 is 0 Å². The lowest BCUT2D eigenvalue weighted by molar-refractivity contribution is -0.385. The van der Waals surface area contributed by atoms with Crippen molar-refractivity contribution >= 4 is 37.2 Å². The third kappa shape index (κ3) is 4.14. The van der Waals surface area contributed by atoms with E-state index >= 15 is 0 Å². The van der Waals surface area contributed by atoms with E-state index in [0.717, 1.165) is 17.7 Å². The summed E-state index contributed by atoms with van der Waals surface area (Å²) in [6.45, 7) is 6.18. The van der Waals surface area contributed by atoms with Crippen LogP contribution in [0.2, 0.25) is 18.6 Å². The smallest absolute Gasteiger partial charge is 0.269 e. The van der Waals surface area contributed by atoms with Crippen LogP contribution in [0.1, 0.15) is 37.3 Å². The predicted molar refractivity (Wildman–Crippen MR) is 143 cm³/mol. The maximum Gasteiger partial charge on any atom is 0.269 e. The zero-order valence-corrected chi connectivity index (χ0v) is 22.8. The molecule has 5 rings (SSSR count). The number of hydrogen-bond donors (Lipinski definition) is 2. The number of anilines is 2. The van der Waals surface area contributed by atoms with Crippen LogP contribution in [0.3, 0.4) is 0 Å². The van der Waals surface area contributed by atoms with Gasteiger partial charge in [-0.2, -0.15) is 0 Å². The van der Waals surface area contributed by atoms with Crippen LogP contribution in [-0.2, 0) is 26.5 Å². The summed E-state index contributed by atoms with van der Waals surface area (Å²) in [5.74, 6) is -0.699. The molecule has 4 atom stereocenters. The van der Waals surface area contributed by atoms with Crippen molar-refractivity contribution in [1.82, 2.24) is 0 Å². The minimum atomic E-state index is -2.86. The molecule has 1 spiro atoms. The van der Waals surface area contributed by atoms with E-state index in [1.165, 1.54) is 12.1 Å². The van der Waals surface area contributed by atoms with Gasteiger partial charge in [-0.3, -0.25) is 19.7 Å². The Morgan fingerprint density at radius 2 is 1.89 bits per heavy atom. The molecule has 11 heteroatoms. The van der Waals surface area contributed by atoms with Crippen molar-refractivity contribution in [3.63, 3.8) is 0 Å². The lowest BCUT2D eigenvalue weighted by Crippen LogP contribution is -2.46. The van der Waals surface area contributed by atoms with Crippen LogP contribution in [0.4, 0.5) is 17.1 Å². The van der Waals surface area contributed by atoms with Crippen molar-refractivity contribution < 1.29 is 29.2 Å². The number of carbonyl (C=O) groups excluding carboxylic acids is 2. The van der Waals surface area contributed by atoms with Gasteiger partial charge in [0.2, 0.25) is 5.91 Å². The maximum atomic E-state index is 14.3. The highest BCUT2D eigenvalue weighted by molar-refractivity contribution is 6.71. The number of ether oxygens (including phenoxy) is 1. The summed E-state index contributed by atoms with van der Waals surface area (Å²) in [5.41, 5.74) is 0.606. The number of rotatable bonds is 7. The molecule has 0 radical (unpaired) electrons. The Balaban J connectivity index is 1.54. The summed E-state index contributed by atoms with van der Waals surface area (Å²) >= 11 is 0. The molecular formula is C27H33N3O7Si. The molecule has 2 N–H and O–H groups in total. The average molecular weight is 540 g/mol. The van der Waals surface area contributed by atoms with Crippen LogP contribution in [0, 0.1) is 16.0 Å². The van der Waals surface area contributed by atoms with E-state index in [2.05, 4.69) is 0 Å². The molecule has 3 aliphatic heterocycles. The number of nitro groups is 1. The molecule has 3 aliphatic rings. The summed E-state index contributed by atoms with van der Waals surface area (Å²) in [6.07, 6.45) is 1.06. The monoisotopic (exact) mass is 539 g/mol. The van der Waals surface area contributed by atoms with Gasteiger partial charge in [-0.1, -0.05) is 19.1 Å². The molecule has 0 saturated carbocycles. The molecule has 2 aromatic rings. The van der Waals surface area contributed by atoms with Crippen LogP contribution < -0.4 is 9.80 Å². The second-order valence-electron chi connectivity index (χ2n) is 11.0. The predicted octanol–water partition coefficient (Wildman–Crippen LogP) is 3.45. The molecule has 0 bridgehead atoms. The fourth-order valence-corrected chi connectivity index (χ4v) is 9.22. The van der Waals surface area contributed by atoms with Crippen LogP contribution in [0.25, 0.3) is 0 Å². The highest BCUT2D eigenvalue weighted by Gasteiger charge is 2.66. The fraction of sp³-hybridized carbons (Fsp3) is 0.481. The molecule has 2 fully saturated rings. The number of benzene rings is 2. The van der Waals surface area contributed by atoms with Gasteiger partial charge in [-0.25, -0.2) is 0 Å². The largest absolute Gasteiger partial charge is 0.432 e. The van der Waals surface area contributed by atoms with Gasteiger partial charge in [-0.15, -0.1) is 0 Å². The quantitative estimate of drug-likeness (QED) is 0.313. The third-order valence-corrected chi connectivity index (χ3v) is 10.8. The van der Waals surface area contributed by atoms with Crippen molar-refractivity contribution in [2.45, 2.75) is 63.1 Å². The maximum absolute atomic E-state index is 14.3. The summed E-state index contributed by atoms with van der Waals surface area (Å²) in [6, 6.07) is 11.9. The number of amides is 2. The van der Waals surface area contributed by atoms with Crippen molar-refractivity contribution in [3.8, 4) is 0 Å². The van der Waals surface area contributed by atoms with Crippen LogP contribution >= 0.6 is 0 Å². The van der Waals surface area contributed by atoms with Crippen molar-refractivity contribution in [2.24, 2.45) is 5.92 Å². The molecule has 2 saturated heterocycles. The molecule has 2 aromatic carbocycles. The van der Waals surface area contributed by atoms with Gasteiger partial charge in [0.25, 0.3) is 11.6 Å². The lowest BCUT2D eigenvalue weighted by atomic mass is 9.82. The molecule has 38 heavy (non-hydrogen) atoms. The molecule has 0 aliphatic carbocycles. The Morgan fingerprint density at radius 1 is 1.18 bits per heavy atom. The minimum absolute atomic E-state index is 0.0969. The molecule has 202 valence electrons. The van der Waals surface area contributed by atoms with Gasteiger partial charge in [0.1, 0.15) is 0 Å². The number of non-ortho nitro benzene ring substituents is 1. The molecule has 0 unspecified atom stereocenters. The topological polar surface area (TPSA) is 133 Å². The summed E-state index contributed by atoms with van der Waals surface area (Å²) in [7, 11) is -2.86. The zero-order chi connectivity index (χ0) is 27.4. The van der Waals surface area contributed by atoms with Gasteiger partial charge in [0.15, 0.2) is 13.9 Å². The number of fused-ring (bicyclic) bond motifs is 2. The molecule has 10 nitrogen and oxygen atoms in total. The highest BCUT2D eigenvalue weighted by atomic mass is 28.4. The van der Waals surface area contributed by atoms with E-state index < -0.39 is 30.9 Å². The summed E-state index contributed by atoms with van der Waals surface area (Å²) < 4.78 is 6.50. The van der Waals surface area contributed by atoms with E-state index in [1.807, 2.05) is 31.2 Å². The number of hydrogen-bond acceptors (Lipinski definition) is 7. The number of carbonyl (C=O) groups is 2. The standard InChI is InChI=1S/C27H33N3O7Si/c1-17-25(38(2,3)36)23(12-14-31)37-27(17)21-15-20(30(34)35)10-11-22(21)29(26(27)33)16-18-6-8-19(9-7-18)28-13-4-5-24(28)32/h6-11,15,17,23,25,31,36H,4-5,12-14,16H2,1-3H3/t17-,23+,25-,27+/m1/s1. The van der Waals surface area contributed by atoms with Gasteiger partial charge in [0, 0.05) is 54.4 Å². The average Bonchev–Trinajstić information content (AvgIpc) is 3.49. The number of aliphatic hydroxyl groups is 1. The number of aliphatic hydroxyl groups excluding tert-OH is 1. The first-order chi connectivity index (χ1) is 18.0. The van der Waals surface area contributed by atoms with Gasteiger partial charge in [0.05, 0.1) is 23.3 Å². The third-order valence-electron chi connectivity index (χ3n) is 8.25. The van der Waals surface area contributed by atoms with E-state index in [-0.39, 0.29) is 42.6 Å². The summed E-state index contributed by atoms with van der Waals surface area (Å²) in [4.78, 5) is 52.1. The Kier molecular flexibility index (Phi) is 6.67. The fourth-order valence-electron chi connectivity index (χ4n) is 6.62. The Labute approximate surface area is 222 Å². The normalized spacial score (nSPS) is 27.0. The van der Waals surface area contributed by atoms with Crippen molar-refractivity contribution in [2.75, 3.05) is 23.0 Å². The molecule has 2 amide bonds. The SMILES string of the molecule is C[C@@H]1[C@@H]([Si](C)(C)O)[C@H](CCO)O[C@@]12C(=O)N(Cc1ccc(N3CCCC3=O)cc1)c1ccc([N+](=O)[O-])cc12. The minimum Gasteiger partial charge on any atom is -0.432 e. The highest BCUT2D eigenvalue weighted by Crippen LogP contribution is 2.60. The molecular weight excluding hydrogens is 506 g/mol. The van der Waals surface area contributed by atoms with Crippen molar-refractivity contribution in [1.29, 1.82) is 0 Å². The van der Waals surface area contributed by atoms with Crippen LogP contribution in [-0.4, -0.2) is 54.2 Å². The first-order valence-corrected chi connectivity index (χ1v) is 16.0. The van der Waals surface area contributed by atoms with Gasteiger partial charge < -0.3 is 24.4 Å². The Morgan fingerprint density at radius 3 is 2.47 bits per heavy atom. The number of nitro benzene ring substituents is 1. The zero-order valence-electron chi connectivity index (χ0n) is 21.8. The second kappa shape index (κ2) is 9.56. The van der Waals surface area contributed by atoms with E-state index in [4.69, 9.17) is 4.74 Å². The first-order valence-electron chi connectivity index (χ1n) is 13.0. The van der Waals surface area contributed by atoms with Gasteiger partial charge in [-0.05, 0) is 49.7 Å². The van der Waals surface area contributed by atoms with Crippen LogP contribution in [0.5, 0.6) is 0 Å².